The van der Waals surface area contributed by atoms with Crippen molar-refractivity contribution in [2.24, 2.45) is 0 Å². The second-order valence-electron chi connectivity index (χ2n) is 4.31. The lowest BCUT2D eigenvalue weighted by molar-refractivity contribution is 0.0854. The van der Waals surface area contributed by atoms with Gasteiger partial charge in [-0.3, -0.25) is 4.79 Å². The van der Waals surface area contributed by atoms with Gasteiger partial charge in [-0.2, -0.15) is 0 Å². The summed E-state index contributed by atoms with van der Waals surface area (Å²) in [6.45, 7) is 4.22. The number of hydrogen-bond acceptors (Lipinski definition) is 4. The van der Waals surface area contributed by atoms with Gasteiger partial charge < -0.3 is 15.4 Å². The van der Waals surface area contributed by atoms with E-state index in [1.807, 2.05) is 13.0 Å². The highest BCUT2D eigenvalue weighted by atomic mass is 16.5. The number of pyridine rings is 1. The van der Waals surface area contributed by atoms with Crippen LogP contribution in [0.1, 0.15) is 30.3 Å². The average Bonchev–Trinajstić information content (AvgIpc) is 2.90. The summed E-state index contributed by atoms with van der Waals surface area (Å²) in [6, 6.07) is 3.58. The largest absolute Gasteiger partial charge is 0.384 e. The van der Waals surface area contributed by atoms with E-state index < -0.39 is 0 Å². The fourth-order valence-electron chi connectivity index (χ4n) is 1.94. The fraction of sp³-hybridized carbons (Fsp3) is 0.538. The van der Waals surface area contributed by atoms with Crippen molar-refractivity contribution in [3.8, 4) is 0 Å². The third kappa shape index (κ3) is 3.43. The molecule has 0 saturated carbocycles. The minimum atomic E-state index is -0.145. The van der Waals surface area contributed by atoms with Crippen molar-refractivity contribution in [2.45, 2.75) is 25.9 Å². The van der Waals surface area contributed by atoms with Crippen LogP contribution in [0.15, 0.2) is 18.3 Å². The Morgan fingerprint density at radius 1 is 1.56 bits per heavy atom. The van der Waals surface area contributed by atoms with Gasteiger partial charge in [-0.25, -0.2) is 4.98 Å². The molecule has 2 rings (SSSR count). The molecule has 5 nitrogen and oxygen atoms in total. The first-order chi connectivity index (χ1) is 8.79. The zero-order valence-corrected chi connectivity index (χ0v) is 10.6. The summed E-state index contributed by atoms with van der Waals surface area (Å²) in [4.78, 5) is 15.9. The van der Waals surface area contributed by atoms with E-state index in [1.54, 1.807) is 12.3 Å². The topological polar surface area (TPSA) is 63.2 Å². The predicted molar refractivity (Wildman–Crippen MR) is 69.7 cm³/mol. The van der Waals surface area contributed by atoms with Gasteiger partial charge in [0.05, 0.1) is 18.0 Å². The van der Waals surface area contributed by atoms with Crippen molar-refractivity contribution >= 4 is 11.6 Å². The molecule has 0 aliphatic carbocycles. The Kier molecular flexibility index (Phi) is 4.52. The van der Waals surface area contributed by atoms with Crippen LogP contribution in [0.2, 0.25) is 0 Å². The second kappa shape index (κ2) is 6.35. The number of nitrogens with zero attached hydrogens (tertiary/aromatic N) is 1. The van der Waals surface area contributed by atoms with Gasteiger partial charge in [-0.15, -0.1) is 0 Å². The monoisotopic (exact) mass is 249 g/mol. The van der Waals surface area contributed by atoms with E-state index in [2.05, 4.69) is 15.6 Å². The van der Waals surface area contributed by atoms with Crippen molar-refractivity contribution in [3.05, 3.63) is 24.0 Å². The zero-order valence-electron chi connectivity index (χ0n) is 10.6. The Balaban J connectivity index is 1.83. The van der Waals surface area contributed by atoms with Crippen molar-refractivity contribution < 1.29 is 9.53 Å². The molecule has 5 heteroatoms. The Labute approximate surface area is 107 Å². The van der Waals surface area contributed by atoms with Gasteiger partial charge in [0, 0.05) is 19.7 Å². The Hall–Kier alpha value is -1.62. The number of amides is 1. The smallest absolute Gasteiger partial charge is 0.269 e. The normalized spacial score (nSPS) is 18.6. The molecule has 1 aliphatic rings. The maximum atomic E-state index is 11.8. The molecule has 1 fully saturated rings. The van der Waals surface area contributed by atoms with Gasteiger partial charge in [0.2, 0.25) is 0 Å². The van der Waals surface area contributed by atoms with E-state index in [9.17, 15) is 4.79 Å². The number of nitrogens with one attached hydrogen (secondary N) is 2. The molecule has 2 heterocycles. The van der Waals surface area contributed by atoms with Crippen LogP contribution < -0.4 is 10.6 Å². The Morgan fingerprint density at radius 3 is 3.06 bits per heavy atom. The number of aromatic nitrogens is 1. The lowest BCUT2D eigenvalue weighted by Gasteiger charge is -2.10. The summed E-state index contributed by atoms with van der Waals surface area (Å²) in [5.74, 6) is -0.145. The maximum Gasteiger partial charge on any atom is 0.269 e. The van der Waals surface area contributed by atoms with Crippen LogP contribution in [0.3, 0.4) is 0 Å². The van der Waals surface area contributed by atoms with E-state index in [1.165, 1.54) is 0 Å². The Morgan fingerprint density at radius 2 is 2.44 bits per heavy atom. The number of ether oxygens (including phenoxy) is 1. The third-order valence-corrected chi connectivity index (χ3v) is 2.89. The van der Waals surface area contributed by atoms with Crippen molar-refractivity contribution in [2.75, 3.05) is 25.0 Å². The second-order valence-corrected chi connectivity index (χ2v) is 4.31. The van der Waals surface area contributed by atoms with E-state index in [-0.39, 0.29) is 12.0 Å². The molecule has 0 bridgehead atoms. The summed E-state index contributed by atoms with van der Waals surface area (Å²) in [7, 11) is 0. The number of carbonyl (C=O) groups excluding carboxylic acids is 1. The number of hydrogen-bond donors (Lipinski definition) is 2. The van der Waals surface area contributed by atoms with Gasteiger partial charge in [0.1, 0.15) is 5.69 Å². The molecule has 1 aliphatic heterocycles. The zero-order chi connectivity index (χ0) is 12.8. The summed E-state index contributed by atoms with van der Waals surface area (Å²) in [6.07, 6.45) is 3.93. The van der Waals surface area contributed by atoms with Crippen molar-refractivity contribution in [1.29, 1.82) is 0 Å². The minimum absolute atomic E-state index is 0.145. The molecule has 1 saturated heterocycles. The number of anilines is 1. The molecule has 18 heavy (non-hydrogen) atoms. The highest BCUT2D eigenvalue weighted by Crippen LogP contribution is 2.11. The summed E-state index contributed by atoms with van der Waals surface area (Å²) < 4.78 is 5.45. The third-order valence-electron chi connectivity index (χ3n) is 2.89. The highest BCUT2D eigenvalue weighted by molar-refractivity contribution is 5.92. The molecular weight excluding hydrogens is 230 g/mol. The van der Waals surface area contributed by atoms with Gasteiger partial charge in [0.25, 0.3) is 5.91 Å². The lowest BCUT2D eigenvalue weighted by Crippen LogP contribution is -2.32. The molecule has 2 N–H and O–H groups in total. The average molecular weight is 249 g/mol. The molecule has 0 radical (unpaired) electrons. The first-order valence-electron chi connectivity index (χ1n) is 6.39. The standard InChI is InChI=1S/C13H19N3O2/c1-2-14-10-5-6-12(15-8-10)13(17)16-9-11-4-3-7-18-11/h5-6,8,11,14H,2-4,7,9H2,1H3,(H,16,17). The van der Waals surface area contributed by atoms with Crippen LogP contribution in [0.25, 0.3) is 0 Å². The minimum Gasteiger partial charge on any atom is -0.384 e. The SMILES string of the molecule is CCNc1ccc(C(=O)NCC2CCCO2)nc1. The molecule has 1 amide bonds. The highest BCUT2D eigenvalue weighted by Gasteiger charge is 2.16. The van der Waals surface area contributed by atoms with Crippen LogP contribution in [0, 0.1) is 0 Å². The van der Waals surface area contributed by atoms with E-state index in [4.69, 9.17) is 4.74 Å². The summed E-state index contributed by atoms with van der Waals surface area (Å²) in [5, 5.41) is 5.98. The van der Waals surface area contributed by atoms with Crippen LogP contribution in [0.4, 0.5) is 5.69 Å². The van der Waals surface area contributed by atoms with Crippen LogP contribution >= 0.6 is 0 Å². The quantitative estimate of drug-likeness (QED) is 0.828. The number of rotatable bonds is 5. The molecule has 0 spiro atoms. The maximum absolute atomic E-state index is 11.8. The molecule has 1 aromatic rings. The first kappa shape index (κ1) is 12.8. The molecule has 1 aromatic heterocycles. The predicted octanol–water partition coefficient (Wildman–Crippen LogP) is 1.42. The van der Waals surface area contributed by atoms with Gasteiger partial charge in [-0.1, -0.05) is 0 Å². The first-order valence-corrected chi connectivity index (χ1v) is 6.39. The lowest BCUT2D eigenvalue weighted by atomic mass is 10.2. The van der Waals surface area contributed by atoms with Crippen LogP contribution in [0.5, 0.6) is 0 Å². The van der Waals surface area contributed by atoms with Crippen molar-refractivity contribution in [3.63, 3.8) is 0 Å². The molecule has 0 aromatic carbocycles. The molecular formula is C13H19N3O2. The summed E-state index contributed by atoms with van der Waals surface area (Å²) in [5.41, 5.74) is 1.36. The van der Waals surface area contributed by atoms with Gasteiger partial charge in [0.15, 0.2) is 0 Å². The van der Waals surface area contributed by atoms with Gasteiger partial charge in [-0.05, 0) is 31.9 Å². The molecule has 1 atom stereocenters. The number of carbonyl (C=O) groups is 1. The summed E-state index contributed by atoms with van der Waals surface area (Å²) >= 11 is 0. The van der Waals surface area contributed by atoms with Gasteiger partial charge >= 0.3 is 0 Å². The van der Waals surface area contributed by atoms with E-state index in [0.717, 1.165) is 31.7 Å². The van der Waals surface area contributed by atoms with E-state index in [0.29, 0.717) is 12.2 Å². The van der Waals surface area contributed by atoms with E-state index >= 15 is 0 Å². The van der Waals surface area contributed by atoms with Crippen molar-refractivity contribution in [1.82, 2.24) is 10.3 Å². The van der Waals surface area contributed by atoms with Crippen LogP contribution in [-0.2, 0) is 4.74 Å². The molecule has 98 valence electrons. The van der Waals surface area contributed by atoms with Crippen LogP contribution in [-0.4, -0.2) is 36.7 Å². The fourth-order valence-corrected chi connectivity index (χ4v) is 1.94. The molecule has 1 unspecified atom stereocenters. The Bertz CT molecular complexity index is 386.